The molecule has 1 aromatic heterocycles. The molecule has 4 nitrogen and oxygen atoms in total. The van der Waals surface area contributed by atoms with Crippen molar-refractivity contribution >= 4 is 11.6 Å². The minimum absolute atomic E-state index is 0.0918. The van der Waals surface area contributed by atoms with Gasteiger partial charge in [0.15, 0.2) is 0 Å². The third kappa shape index (κ3) is 2.87. The molecule has 0 aromatic carbocycles. The normalized spacial score (nSPS) is 17.4. The van der Waals surface area contributed by atoms with Crippen molar-refractivity contribution < 1.29 is 4.74 Å². The predicted molar refractivity (Wildman–Crippen MR) is 66.4 cm³/mol. The molecule has 0 unspecified atom stereocenters. The van der Waals surface area contributed by atoms with Gasteiger partial charge in [-0.05, 0) is 26.7 Å². The molecule has 1 aromatic rings. The van der Waals surface area contributed by atoms with E-state index in [-0.39, 0.29) is 23.0 Å². The molecule has 0 aliphatic heterocycles. The van der Waals surface area contributed by atoms with E-state index in [0.29, 0.717) is 12.3 Å². The van der Waals surface area contributed by atoms with Crippen LogP contribution in [-0.2, 0) is 16.0 Å². The van der Waals surface area contributed by atoms with Gasteiger partial charge in [0.25, 0.3) is 5.56 Å². The van der Waals surface area contributed by atoms with E-state index in [1.807, 2.05) is 13.8 Å². The van der Waals surface area contributed by atoms with Crippen LogP contribution in [0.5, 0.6) is 0 Å². The van der Waals surface area contributed by atoms with Gasteiger partial charge in [-0.2, -0.15) is 0 Å². The Balaban J connectivity index is 2.21. The van der Waals surface area contributed by atoms with Gasteiger partial charge in [0.2, 0.25) is 0 Å². The Morgan fingerprint density at radius 2 is 2.29 bits per heavy atom. The molecular weight excluding hydrogens is 240 g/mol. The number of aromatic amines is 1. The van der Waals surface area contributed by atoms with E-state index < -0.39 is 0 Å². The van der Waals surface area contributed by atoms with E-state index in [0.717, 1.165) is 18.7 Å². The monoisotopic (exact) mass is 256 g/mol. The summed E-state index contributed by atoms with van der Waals surface area (Å²) in [5.41, 5.74) is 0.397. The topological polar surface area (TPSA) is 55.0 Å². The fraction of sp³-hybridized carbons (Fsp3) is 0.667. The molecule has 2 rings (SSSR count). The third-order valence-electron chi connectivity index (χ3n) is 2.98. The number of nitrogens with one attached hydrogen (secondary N) is 1. The van der Waals surface area contributed by atoms with E-state index in [1.54, 1.807) is 0 Å². The average molecular weight is 257 g/mol. The highest BCUT2D eigenvalue weighted by Gasteiger charge is 2.47. The Morgan fingerprint density at radius 3 is 2.82 bits per heavy atom. The summed E-state index contributed by atoms with van der Waals surface area (Å²) in [6.07, 6.45) is 2.21. The van der Waals surface area contributed by atoms with Crippen LogP contribution in [-0.4, -0.2) is 22.7 Å². The average Bonchev–Trinajstić information content (AvgIpc) is 3.06. The zero-order valence-corrected chi connectivity index (χ0v) is 10.9. The molecule has 1 fully saturated rings. The second kappa shape index (κ2) is 4.78. The number of hydrogen-bond acceptors (Lipinski definition) is 3. The van der Waals surface area contributed by atoms with Crippen LogP contribution in [0.4, 0.5) is 0 Å². The number of alkyl halides is 1. The van der Waals surface area contributed by atoms with E-state index >= 15 is 0 Å². The van der Waals surface area contributed by atoms with E-state index in [4.69, 9.17) is 16.3 Å². The maximum atomic E-state index is 11.5. The van der Waals surface area contributed by atoms with Gasteiger partial charge in [0, 0.05) is 6.07 Å². The first-order valence-corrected chi connectivity index (χ1v) is 6.37. The van der Waals surface area contributed by atoms with E-state index in [2.05, 4.69) is 9.97 Å². The molecular formula is C12H17ClN2O2. The Morgan fingerprint density at radius 1 is 1.59 bits per heavy atom. The molecule has 0 bridgehead atoms. The summed E-state index contributed by atoms with van der Waals surface area (Å²) < 4.78 is 5.64. The van der Waals surface area contributed by atoms with Gasteiger partial charge in [0.05, 0.1) is 29.7 Å². The van der Waals surface area contributed by atoms with Gasteiger partial charge >= 0.3 is 0 Å². The van der Waals surface area contributed by atoms with Gasteiger partial charge in [-0.1, -0.05) is 0 Å². The van der Waals surface area contributed by atoms with Crippen LogP contribution >= 0.6 is 11.6 Å². The van der Waals surface area contributed by atoms with Crippen molar-refractivity contribution in [2.75, 3.05) is 6.61 Å². The zero-order valence-electron chi connectivity index (χ0n) is 10.1. The lowest BCUT2D eigenvalue weighted by Crippen LogP contribution is -2.25. The molecule has 0 amide bonds. The lowest BCUT2D eigenvalue weighted by atomic mass is 10.1. The second-order valence-corrected chi connectivity index (χ2v) is 5.13. The van der Waals surface area contributed by atoms with Gasteiger partial charge in [-0.3, -0.25) is 4.79 Å². The lowest BCUT2D eigenvalue weighted by Gasteiger charge is -2.16. The molecule has 94 valence electrons. The number of aromatic nitrogens is 2. The summed E-state index contributed by atoms with van der Waals surface area (Å²) >= 11 is 5.72. The number of H-pyrrole nitrogens is 1. The summed E-state index contributed by atoms with van der Waals surface area (Å²) in [5, 5.41) is 0. The molecule has 0 atom stereocenters. The van der Waals surface area contributed by atoms with Crippen molar-refractivity contribution in [3.8, 4) is 0 Å². The summed E-state index contributed by atoms with van der Waals surface area (Å²) in [7, 11) is 0. The number of hydrogen-bond donors (Lipinski definition) is 1. The molecule has 0 saturated heterocycles. The lowest BCUT2D eigenvalue weighted by molar-refractivity contribution is 0.0602. The van der Waals surface area contributed by atoms with Crippen LogP contribution in [0.1, 0.15) is 38.2 Å². The van der Waals surface area contributed by atoms with Gasteiger partial charge in [-0.15, -0.1) is 11.6 Å². The largest absolute Gasteiger partial charge is 0.378 e. The molecule has 1 N–H and O–H groups in total. The first-order chi connectivity index (χ1) is 8.05. The number of nitrogens with zero attached hydrogens (tertiary/aromatic N) is 1. The van der Waals surface area contributed by atoms with Crippen molar-refractivity contribution in [2.24, 2.45) is 0 Å². The SMILES string of the molecule is CC(C)OCC1(c2nc(CCl)cc(=O)[nH]2)CC1. The number of ether oxygens (including phenoxy) is 1. The fourth-order valence-corrected chi connectivity index (χ4v) is 1.89. The van der Waals surface area contributed by atoms with Crippen molar-refractivity contribution in [3.05, 3.63) is 27.9 Å². The Kier molecular flexibility index (Phi) is 3.54. The summed E-state index contributed by atoms with van der Waals surface area (Å²) in [5.74, 6) is 0.985. The first-order valence-electron chi connectivity index (χ1n) is 5.84. The number of rotatable bonds is 5. The minimum atomic E-state index is -0.138. The standard InChI is InChI=1S/C12H17ClN2O2/c1-8(2)17-7-12(3-4-12)11-14-9(6-13)5-10(16)15-11/h5,8H,3-4,6-7H2,1-2H3,(H,14,15,16). The highest BCUT2D eigenvalue weighted by Crippen LogP contribution is 2.46. The summed E-state index contributed by atoms with van der Waals surface area (Å²) in [6, 6.07) is 1.44. The van der Waals surface area contributed by atoms with Crippen LogP contribution in [0.2, 0.25) is 0 Å². The maximum Gasteiger partial charge on any atom is 0.251 e. The summed E-state index contributed by atoms with van der Waals surface area (Å²) in [6.45, 7) is 4.61. The molecule has 5 heteroatoms. The maximum absolute atomic E-state index is 11.5. The Labute approximate surface area is 105 Å². The Bertz CT molecular complexity index is 452. The highest BCUT2D eigenvalue weighted by molar-refractivity contribution is 6.16. The molecule has 0 radical (unpaired) electrons. The van der Waals surface area contributed by atoms with Gasteiger partial charge in [0.1, 0.15) is 5.82 Å². The third-order valence-corrected chi connectivity index (χ3v) is 3.25. The second-order valence-electron chi connectivity index (χ2n) is 4.86. The van der Waals surface area contributed by atoms with Crippen molar-refractivity contribution in [1.82, 2.24) is 9.97 Å². The van der Waals surface area contributed by atoms with Crippen LogP contribution in [0.15, 0.2) is 10.9 Å². The Hall–Kier alpha value is -0.870. The van der Waals surface area contributed by atoms with Gasteiger partial charge < -0.3 is 9.72 Å². The minimum Gasteiger partial charge on any atom is -0.378 e. The van der Waals surface area contributed by atoms with Crippen molar-refractivity contribution in [3.63, 3.8) is 0 Å². The quantitative estimate of drug-likeness (QED) is 0.820. The predicted octanol–water partition coefficient (Wildman–Crippen LogP) is 1.97. The van der Waals surface area contributed by atoms with Crippen LogP contribution < -0.4 is 5.56 Å². The van der Waals surface area contributed by atoms with Crippen molar-refractivity contribution in [2.45, 2.75) is 44.1 Å². The van der Waals surface area contributed by atoms with Crippen molar-refractivity contribution in [1.29, 1.82) is 0 Å². The van der Waals surface area contributed by atoms with Gasteiger partial charge in [-0.25, -0.2) is 4.98 Å². The van der Waals surface area contributed by atoms with E-state index in [9.17, 15) is 4.79 Å². The molecule has 1 saturated carbocycles. The number of halogens is 1. The van der Waals surface area contributed by atoms with Crippen LogP contribution in [0.3, 0.4) is 0 Å². The smallest absolute Gasteiger partial charge is 0.251 e. The fourth-order valence-electron chi connectivity index (χ4n) is 1.75. The zero-order chi connectivity index (χ0) is 12.5. The first kappa shape index (κ1) is 12.6. The van der Waals surface area contributed by atoms with E-state index in [1.165, 1.54) is 6.07 Å². The summed E-state index contributed by atoms with van der Waals surface area (Å²) in [4.78, 5) is 18.7. The highest BCUT2D eigenvalue weighted by atomic mass is 35.5. The molecule has 0 spiro atoms. The van der Waals surface area contributed by atoms with Crippen LogP contribution in [0.25, 0.3) is 0 Å². The van der Waals surface area contributed by atoms with Crippen LogP contribution in [0, 0.1) is 0 Å². The molecule has 1 aliphatic carbocycles. The molecule has 17 heavy (non-hydrogen) atoms. The molecule has 1 aliphatic rings. The molecule has 1 heterocycles.